The number of ether oxygens (including phenoxy) is 1. The molecule has 0 saturated carbocycles. The number of carboxylic acid groups (broad SMARTS) is 1. The van der Waals surface area contributed by atoms with Gasteiger partial charge in [0.25, 0.3) is 0 Å². The molecule has 2 aromatic heterocycles. The van der Waals surface area contributed by atoms with Gasteiger partial charge in [0.1, 0.15) is 5.75 Å². The largest absolute Gasteiger partial charge is 0.496 e. The third kappa shape index (κ3) is 4.15. The highest BCUT2D eigenvalue weighted by Gasteiger charge is 2.34. The average molecular weight is 495 g/mol. The smallest absolute Gasteiger partial charge is 0.336 e. The molecule has 5 aromatic rings. The van der Waals surface area contributed by atoms with Crippen LogP contribution in [0.15, 0.2) is 73.1 Å². The Hall–Kier alpha value is -4.10. The van der Waals surface area contributed by atoms with Gasteiger partial charge in [0.05, 0.1) is 24.2 Å². The Morgan fingerprint density at radius 3 is 2.78 bits per heavy atom. The minimum atomic E-state index is -0.900. The number of aryl methyl sites for hydroxylation is 1. The molecular weight excluding hydrogens is 464 g/mol. The highest BCUT2D eigenvalue weighted by molar-refractivity contribution is 5.90. The number of hydrogen-bond donors (Lipinski definition) is 2. The molecule has 0 bridgehead atoms. The van der Waals surface area contributed by atoms with E-state index in [2.05, 4.69) is 45.9 Å². The summed E-state index contributed by atoms with van der Waals surface area (Å²) in [5.74, 6) is -0.0428. The molecule has 2 N–H and O–H groups in total. The first-order chi connectivity index (χ1) is 18.0. The molecule has 3 aromatic carbocycles. The second kappa shape index (κ2) is 9.41. The third-order valence-electron chi connectivity index (χ3n) is 7.73. The van der Waals surface area contributed by atoms with Crippen molar-refractivity contribution in [3.63, 3.8) is 0 Å². The van der Waals surface area contributed by atoms with E-state index in [-0.39, 0.29) is 12.1 Å². The summed E-state index contributed by atoms with van der Waals surface area (Å²) in [7, 11) is 1.71. The number of H-pyrrole nitrogens is 1. The summed E-state index contributed by atoms with van der Waals surface area (Å²) in [6, 6.07) is 19.8. The van der Waals surface area contributed by atoms with Crippen LogP contribution < -0.4 is 4.74 Å². The van der Waals surface area contributed by atoms with Crippen LogP contribution in [0.1, 0.15) is 52.0 Å². The predicted molar refractivity (Wildman–Crippen MR) is 144 cm³/mol. The zero-order valence-corrected chi connectivity index (χ0v) is 21.0. The number of aromatic amines is 1. The van der Waals surface area contributed by atoms with E-state index in [0.29, 0.717) is 12.1 Å². The molecule has 0 amide bonds. The fraction of sp³-hybridized carbons (Fsp3) is 0.267. The number of piperidine rings is 1. The molecule has 188 valence electrons. The van der Waals surface area contributed by atoms with Gasteiger partial charge in [-0.25, -0.2) is 4.79 Å². The van der Waals surface area contributed by atoms with Gasteiger partial charge in [-0.15, -0.1) is 0 Å². The van der Waals surface area contributed by atoms with Crippen LogP contribution in [0.25, 0.3) is 21.8 Å². The van der Waals surface area contributed by atoms with E-state index >= 15 is 0 Å². The van der Waals surface area contributed by atoms with E-state index in [1.54, 1.807) is 19.2 Å². The molecule has 3 heterocycles. The minimum Gasteiger partial charge on any atom is -0.496 e. The number of likely N-dealkylation sites (tertiary alicyclic amines) is 1. The number of hydrogen-bond acceptors (Lipinski definition) is 4. The highest BCUT2D eigenvalue weighted by atomic mass is 16.5. The maximum absolute atomic E-state index is 12.2. The van der Waals surface area contributed by atoms with E-state index in [0.717, 1.165) is 63.6 Å². The molecule has 2 atom stereocenters. The summed E-state index contributed by atoms with van der Waals surface area (Å²) < 4.78 is 7.90. The number of carbonyl (C=O) groups is 1. The Morgan fingerprint density at radius 1 is 1.16 bits per heavy atom. The summed E-state index contributed by atoms with van der Waals surface area (Å²) in [5, 5.41) is 17.1. The van der Waals surface area contributed by atoms with Crippen LogP contribution in [0.2, 0.25) is 0 Å². The maximum Gasteiger partial charge on any atom is 0.336 e. The Kier molecular flexibility index (Phi) is 5.93. The number of carboxylic acids is 1. The quantitative estimate of drug-likeness (QED) is 0.298. The van der Waals surface area contributed by atoms with E-state index in [1.165, 1.54) is 0 Å². The molecule has 0 aliphatic carbocycles. The number of fused-ring (bicyclic) bond motifs is 2. The molecule has 37 heavy (non-hydrogen) atoms. The Morgan fingerprint density at radius 2 is 1.97 bits per heavy atom. The number of aromatic nitrogens is 3. The van der Waals surface area contributed by atoms with Crippen LogP contribution in [0.5, 0.6) is 5.75 Å². The van der Waals surface area contributed by atoms with Crippen molar-refractivity contribution >= 4 is 27.8 Å². The molecule has 1 aliphatic rings. The molecule has 0 radical (unpaired) electrons. The second-order valence-electron chi connectivity index (χ2n) is 9.87. The second-order valence-corrected chi connectivity index (χ2v) is 9.87. The van der Waals surface area contributed by atoms with E-state index < -0.39 is 5.97 Å². The highest BCUT2D eigenvalue weighted by Crippen LogP contribution is 2.41. The molecule has 0 spiro atoms. The van der Waals surface area contributed by atoms with Gasteiger partial charge in [0, 0.05) is 53.4 Å². The first kappa shape index (κ1) is 23.3. The number of benzene rings is 3. The van der Waals surface area contributed by atoms with Crippen molar-refractivity contribution in [3.05, 3.63) is 95.3 Å². The van der Waals surface area contributed by atoms with Gasteiger partial charge in [-0.3, -0.25) is 9.58 Å². The summed E-state index contributed by atoms with van der Waals surface area (Å²) in [5.41, 5.74) is 5.53. The SMILES string of the molecule is COc1cc(C)c2[nH]ccc2c1CN1CC[C@@H](n2cc3ccccc3n2)C[C@H]1c1ccccc1C(=O)O. The fourth-order valence-corrected chi connectivity index (χ4v) is 5.89. The van der Waals surface area contributed by atoms with Gasteiger partial charge in [-0.1, -0.05) is 36.4 Å². The van der Waals surface area contributed by atoms with Gasteiger partial charge in [0.2, 0.25) is 0 Å². The van der Waals surface area contributed by atoms with E-state index in [4.69, 9.17) is 9.84 Å². The third-order valence-corrected chi connectivity index (χ3v) is 7.73. The fourth-order valence-electron chi connectivity index (χ4n) is 5.89. The summed E-state index contributed by atoms with van der Waals surface area (Å²) in [4.78, 5) is 18.0. The molecule has 7 heteroatoms. The lowest BCUT2D eigenvalue weighted by molar-refractivity contribution is 0.0682. The van der Waals surface area contributed by atoms with Crippen molar-refractivity contribution < 1.29 is 14.6 Å². The number of rotatable bonds is 6. The van der Waals surface area contributed by atoms with Crippen LogP contribution in [0, 0.1) is 6.92 Å². The molecule has 7 nitrogen and oxygen atoms in total. The minimum absolute atomic E-state index is 0.0848. The van der Waals surface area contributed by atoms with Crippen molar-refractivity contribution in [3.8, 4) is 5.75 Å². The first-order valence-electron chi connectivity index (χ1n) is 12.7. The number of aromatic carboxylic acids is 1. The van der Waals surface area contributed by atoms with Crippen LogP contribution in [-0.2, 0) is 6.54 Å². The van der Waals surface area contributed by atoms with E-state index in [1.807, 2.05) is 36.5 Å². The van der Waals surface area contributed by atoms with Crippen LogP contribution in [0.4, 0.5) is 0 Å². The predicted octanol–water partition coefficient (Wildman–Crippen LogP) is 6.11. The summed E-state index contributed by atoms with van der Waals surface area (Å²) in [6.07, 6.45) is 5.77. The van der Waals surface area contributed by atoms with Gasteiger partial charge in [-0.05, 0) is 55.2 Å². The molecule has 6 rings (SSSR count). The van der Waals surface area contributed by atoms with Crippen LogP contribution in [0.3, 0.4) is 0 Å². The lowest BCUT2D eigenvalue weighted by Gasteiger charge is -2.40. The topological polar surface area (TPSA) is 83.4 Å². The van der Waals surface area contributed by atoms with Crippen LogP contribution in [-0.4, -0.2) is 44.4 Å². The first-order valence-corrected chi connectivity index (χ1v) is 12.7. The summed E-state index contributed by atoms with van der Waals surface area (Å²) >= 11 is 0. The van der Waals surface area contributed by atoms with Gasteiger partial charge in [0.15, 0.2) is 0 Å². The van der Waals surface area contributed by atoms with Crippen molar-refractivity contribution in [1.82, 2.24) is 19.7 Å². The monoisotopic (exact) mass is 494 g/mol. The van der Waals surface area contributed by atoms with Crippen molar-refractivity contribution in [2.24, 2.45) is 0 Å². The Labute approximate surface area is 215 Å². The van der Waals surface area contributed by atoms with Gasteiger partial charge >= 0.3 is 5.97 Å². The molecule has 0 unspecified atom stereocenters. The lowest BCUT2D eigenvalue weighted by atomic mass is 9.88. The molecule has 1 fully saturated rings. The van der Waals surface area contributed by atoms with Gasteiger partial charge in [-0.2, -0.15) is 5.10 Å². The van der Waals surface area contributed by atoms with E-state index in [9.17, 15) is 9.90 Å². The maximum atomic E-state index is 12.2. The normalized spacial score (nSPS) is 18.4. The van der Waals surface area contributed by atoms with Crippen molar-refractivity contribution in [1.29, 1.82) is 0 Å². The Bertz CT molecular complexity index is 1570. The average Bonchev–Trinajstić information content (AvgIpc) is 3.58. The molecule has 1 saturated heterocycles. The number of nitrogens with one attached hydrogen (secondary N) is 1. The van der Waals surface area contributed by atoms with Crippen LogP contribution >= 0.6 is 0 Å². The standard InChI is InChI=1S/C30H30N4O3/c1-19-15-28(37-2)25(23-11-13-31-29(19)23)18-33-14-12-21(34-17-20-7-3-6-10-26(20)32-34)16-27(33)22-8-4-5-9-24(22)30(35)36/h3-11,13,15,17,21,27,31H,12,14,16,18H2,1-2H3,(H,35,36)/t21-,27+/m1/s1. The molecular formula is C30H30N4O3. The lowest BCUT2D eigenvalue weighted by Crippen LogP contribution is -2.38. The number of methoxy groups -OCH3 is 1. The van der Waals surface area contributed by atoms with Crippen molar-refractivity contribution in [2.45, 2.75) is 38.4 Å². The summed E-state index contributed by atoms with van der Waals surface area (Å²) in [6.45, 7) is 3.54. The molecule has 1 aliphatic heterocycles. The zero-order chi connectivity index (χ0) is 25.5. The Balaban J connectivity index is 1.41. The number of nitrogens with zero attached hydrogens (tertiary/aromatic N) is 3. The zero-order valence-electron chi connectivity index (χ0n) is 21.0. The van der Waals surface area contributed by atoms with Gasteiger partial charge < -0.3 is 14.8 Å². The van der Waals surface area contributed by atoms with Crippen molar-refractivity contribution in [2.75, 3.05) is 13.7 Å².